The van der Waals surface area contributed by atoms with Gasteiger partial charge in [-0.3, -0.25) is 0 Å². The second kappa shape index (κ2) is 4.51. The van der Waals surface area contributed by atoms with Crippen LogP contribution in [0.3, 0.4) is 0 Å². The third kappa shape index (κ3) is 2.13. The lowest BCUT2D eigenvalue weighted by molar-refractivity contribution is 0.0688. The highest BCUT2D eigenvalue weighted by Crippen LogP contribution is 2.33. The van der Waals surface area contributed by atoms with Gasteiger partial charge in [-0.15, -0.1) is 0 Å². The van der Waals surface area contributed by atoms with E-state index in [9.17, 15) is 4.79 Å². The number of aromatic nitrogens is 1. The largest absolute Gasteiger partial charge is 0.486 e. The number of benzene rings is 1. The van der Waals surface area contributed by atoms with Gasteiger partial charge in [0.1, 0.15) is 18.9 Å². The van der Waals surface area contributed by atoms with Crippen LogP contribution in [0.1, 0.15) is 10.5 Å². The van der Waals surface area contributed by atoms with E-state index in [1.165, 1.54) is 10.6 Å². The molecular weight excluding hydrogens is 270 g/mol. The zero-order chi connectivity index (χ0) is 13.4. The number of carboxylic acid groups (broad SMARTS) is 1. The predicted octanol–water partition coefficient (Wildman–Crippen LogP) is 2.60. The first-order valence-corrected chi connectivity index (χ1v) is 6.04. The summed E-state index contributed by atoms with van der Waals surface area (Å²) in [5.74, 6) is 0.219. The zero-order valence-electron chi connectivity index (χ0n) is 9.80. The van der Waals surface area contributed by atoms with E-state index in [0.717, 1.165) is 0 Å². The van der Waals surface area contributed by atoms with Gasteiger partial charge >= 0.3 is 5.97 Å². The van der Waals surface area contributed by atoms with Gasteiger partial charge < -0.3 is 19.1 Å². The molecule has 2 aromatic rings. The number of nitrogens with zero attached hydrogens (tertiary/aromatic N) is 1. The van der Waals surface area contributed by atoms with Crippen LogP contribution in [0, 0.1) is 0 Å². The fourth-order valence-electron chi connectivity index (χ4n) is 1.99. The maximum absolute atomic E-state index is 11.2. The summed E-state index contributed by atoms with van der Waals surface area (Å²) in [5.41, 5.74) is 0.759. The van der Waals surface area contributed by atoms with Gasteiger partial charge in [-0.2, -0.15) is 0 Å². The predicted molar refractivity (Wildman–Crippen MR) is 68.7 cm³/mol. The number of carbonyl (C=O) groups is 1. The molecule has 1 aromatic carbocycles. The number of rotatable bonds is 2. The number of aromatic carboxylic acids is 1. The van der Waals surface area contributed by atoms with E-state index in [1.807, 2.05) is 0 Å². The molecule has 5 nitrogen and oxygen atoms in total. The Morgan fingerprint density at radius 3 is 2.68 bits per heavy atom. The van der Waals surface area contributed by atoms with E-state index in [0.29, 0.717) is 35.4 Å². The number of hydrogen-bond acceptors (Lipinski definition) is 3. The standard InChI is InChI=1S/C13H10ClNO4/c14-8-5-10(13(16)17)15(7-8)9-1-2-11-12(6-9)19-4-3-18-11/h1-2,5-7H,3-4H2,(H,16,17). The Morgan fingerprint density at radius 2 is 1.95 bits per heavy atom. The summed E-state index contributed by atoms with van der Waals surface area (Å²) in [6, 6.07) is 6.65. The fraction of sp³-hybridized carbons (Fsp3) is 0.154. The Bertz CT molecular complexity index is 650. The van der Waals surface area contributed by atoms with Crippen LogP contribution < -0.4 is 9.47 Å². The quantitative estimate of drug-likeness (QED) is 0.918. The molecule has 2 heterocycles. The molecule has 0 atom stereocenters. The first kappa shape index (κ1) is 11.9. The minimum atomic E-state index is -1.04. The highest BCUT2D eigenvalue weighted by Gasteiger charge is 2.16. The second-order valence-corrected chi connectivity index (χ2v) is 4.48. The molecule has 1 aliphatic heterocycles. The molecule has 6 heteroatoms. The molecule has 0 amide bonds. The molecule has 19 heavy (non-hydrogen) atoms. The van der Waals surface area contributed by atoms with Crippen molar-refractivity contribution in [2.45, 2.75) is 0 Å². The minimum Gasteiger partial charge on any atom is -0.486 e. The van der Waals surface area contributed by atoms with Crippen molar-refractivity contribution in [1.29, 1.82) is 0 Å². The lowest BCUT2D eigenvalue weighted by Gasteiger charge is -2.19. The van der Waals surface area contributed by atoms with Gasteiger partial charge in [-0.1, -0.05) is 11.6 Å². The Labute approximate surface area is 113 Å². The molecule has 3 rings (SSSR count). The number of ether oxygens (including phenoxy) is 2. The molecule has 0 unspecified atom stereocenters. The maximum atomic E-state index is 11.2. The summed E-state index contributed by atoms with van der Waals surface area (Å²) in [7, 11) is 0. The SMILES string of the molecule is O=C(O)c1cc(Cl)cn1-c1ccc2c(c1)OCCO2. The summed E-state index contributed by atoms with van der Waals surface area (Å²) in [6.07, 6.45) is 1.55. The fourth-order valence-corrected chi connectivity index (χ4v) is 2.19. The summed E-state index contributed by atoms with van der Waals surface area (Å²) in [6.45, 7) is 0.997. The van der Waals surface area contributed by atoms with E-state index in [1.54, 1.807) is 24.4 Å². The molecule has 0 saturated heterocycles. The van der Waals surface area contributed by atoms with Crippen molar-refractivity contribution in [1.82, 2.24) is 4.57 Å². The Morgan fingerprint density at radius 1 is 1.21 bits per heavy atom. The summed E-state index contributed by atoms with van der Waals surface area (Å²) >= 11 is 5.86. The molecule has 0 aliphatic carbocycles. The van der Waals surface area contributed by atoms with Crippen LogP contribution in [0.2, 0.25) is 5.02 Å². The van der Waals surface area contributed by atoms with E-state index in [4.69, 9.17) is 26.2 Å². The Hall–Kier alpha value is -2.14. The lowest BCUT2D eigenvalue weighted by Crippen LogP contribution is -2.15. The van der Waals surface area contributed by atoms with Gasteiger partial charge in [0.05, 0.1) is 5.02 Å². The van der Waals surface area contributed by atoms with Crippen molar-refractivity contribution in [3.63, 3.8) is 0 Å². The lowest BCUT2D eigenvalue weighted by atomic mass is 10.2. The Balaban J connectivity index is 2.09. The van der Waals surface area contributed by atoms with Crippen LogP contribution in [0.15, 0.2) is 30.5 Å². The molecule has 0 spiro atoms. The van der Waals surface area contributed by atoms with Crippen LogP contribution in [0.5, 0.6) is 11.5 Å². The highest BCUT2D eigenvalue weighted by atomic mass is 35.5. The van der Waals surface area contributed by atoms with Crippen molar-refractivity contribution in [3.05, 3.63) is 41.2 Å². The number of fused-ring (bicyclic) bond motifs is 1. The average molecular weight is 280 g/mol. The van der Waals surface area contributed by atoms with Crippen LogP contribution in [0.4, 0.5) is 0 Å². The number of hydrogen-bond donors (Lipinski definition) is 1. The third-order valence-electron chi connectivity index (χ3n) is 2.81. The van der Waals surface area contributed by atoms with Crippen LogP contribution in [-0.2, 0) is 0 Å². The molecule has 0 saturated carbocycles. The smallest absolute Gasteiger partial charge is 0.352 e. The first-order valence-electron chi connectivity index (χ1n) is 5.66. The van der Waals surface area contributed by atoms with Gasteiger partial charge in [0.25, 0.3) is 0 Å². The van der Waals surface area contributed by atoms with E-state index in [2.05, 4.69) is 0 Å². The topological polar surface area (TPSA) is 60.7 Å². The molecular formula is C13H10ClNO4. The number of halogens is 1. The molecule has 0 fully saturated rings. The molecule has 0 radical (unpaired) electrons. The van der Waals surface area contributed by atoms with Crippen molar-refractivity contribution in [2.24, 2.45) is 0 Å². The van der Waals surface area contributed by atoms with Gasteiger partial charge in [0.2, 0.25) is 0 Å². The van der Waals surface area contributed by atoms with E-state index < -0.39 is 5.97 Å². The van der Waals surface area contributed by atoms with Gasteiger partial charge in [0.15, 0.2) is 11.5 Å². The van der Waals surface area contributed by atoms with E-state index >= 15 is 0 Å². The Kier molecular flexibility index (Phi) is 2.83. The summed E-state index contributed by atoms with van der Waals surface area (Å²) in [4.78, 5) is 11.2. The van der Waals surface area contributed by atoms with Crippen molar-refractivity contribution >= 4 is 17.6 Å². The maximum Gasteiger partial charge on any atom is 0.352 e. The van der Waals surface area contributed by atoms with Crippen molar-refractivity contribution in [2.75, 3.05) is 13.2 Å². The second-order valence-electron chi connectivity index (χ2n) is 4.05. The molecule has 98 valence electrons. The minimum absolute atomic E-state index is 0.0988. The van der Waals surface area contributed by atoms with Crippen molar-refractivity contribution < 1.29 is 19.4 Å². The average Bonchev–Trinajstić information content (AvgIpc) is 2.80. The van der Waals surface area contributed by atoms with Gasteiger partial charge in [0, 0.05) is 18.0 Å². The van der Waals surface area contributed by atoms with Crippen LogP contribution in [0.25, 0.3) is 5.69 Å². The molecule has 1 aromatic heterocycles. The van der Waals surface area contributed by atoms with Gasteiger partial charge in [-0.05, 0) is 18.2 Å². The number of carboxylic acids is 1. The summed E-state index contributed by atoms with van der Waals surface area (Å²) in [5, 5.41) is 9.51. The highest BCUT2D eigenvalue weighted by molar-refractivity contribution is 6.31. The van der Waals surface area contributed by atoms with Gasteiger partial charge in [-0.25, -0.2) is 4.79 Å². The molecule has 1 aliphatic rings. The molecule has 0 bridgehead atoms. The van der Waals surface area contributed by atoms with E-state index in [-0.39, 0.29) is 5.69 Å². The summed E-state index contributed by atoms with van der Waals surface area (Å²) < 4.78 is 12.4. The van der Waals surface area contributed by atoms with Crippen molar-refractivity contribution in [3.8, 4) is 17.2 Å². The third-order valence-corrected chi connectivity index (χ3v) is 3.02. The molecule has 1 N–H and O–H groups in total. The first-order chi connectivity index (χ1) is 9.15. The van der Waals surface area contributed by atoms with Crippen LogP contribution in [-0.4, -0.2) is 28.9 Å². The normalized spacial score (nSPS) is 13.3. The monoisotopic (exact) mass is 279 g/mol. The van der Waals surface area contributed by atoms with Crippen LogP contribution >= 0.6 is 11.6 Å². The zero-order valence-corrected chi connectivity index (χ0v) is 10.6.